The highest BCUT2D eigenvalue weighted by molar-refractivity contribution is 9.10. The van der Waals surface area contributed by atoms with E-state index in [0.29, 0.717) is 0 Å². The lowest BCUT2D eigenvalue weighted by Gasteiger charge is -2.33. The molecule has 4 nitrogen and oxygen atoms in total. The smallest absolute Gasteiger partial charge is 0.245 e. The van der Waals surface area contributed by atoms with E-state index in [-0.39, 0.29) is 11.9 Å². The minimum atomic E-state index is -0.396. The molecule has 1 amide bonds. The zero-order valence-corrected chi connectivity index (χ0v) is 19.6. The molecule has 2 N–H and O–H groups in total. The number of carbonyl (C=O) groups is 1. The average Bonchev–Trinajstić information content (AvgIpc) is 2.73. The molecule has 1 saturated heterocycles. The zero-order chi connectivity index (χ0) is 20.6. The van der Waals surface area contributed by atoms with Crippen LogP contribution in [0.1, 0.15) is 56.9 Å². The molecule has 2 fully saturated rings. The van der Waals surface area contributed by atoms with E-state index in [1.165, 1.54) is 68.2 Å². The van der Waals surface area contributed by atoms with Crippen molar-refractivity contribution in [3.63, 3.8) is 0 Å². The first-order chi connectivity index (χ1) is 14.0. The number of hydrogen-bond acceptors (Lipinski definition) is 3. The predicted molar refractivity (Wildman–Crippen MR) is 122 cm³/mol. The monoisotopic (exact) mass is 484 g/mol. The van der Waals surface area contributed by atoms with Crippen molar-refractivity contribution >= 4 is 33.4 Å². The molecule has 0 spiro atoms. The normalized spacial score (nSPS) is 23.8. The van der Waals surface area contributed by atoms with Crippen molar-refractivity contribution in [3.05, 3.63) is 33.3 Å². The molecule has 1 aromatic rings. The summed E-state index contributed by atoms with van der Waals surface area (Å²) in [5.74, 6) is 1.32. The maximum atomic E-state index is 11.3. The van der Waals surface area contributed by atoms with Crippen LogP contribution in [-0.4, -0.2) is 48.2 Å². The predicted octanol–water partition coefficient (Wildman–Crippen LogP) is 4.80. The quantitative estimate of drug-likeness (QED) is 0.556. The lowest BCUT2D eigenvalue weighted by atomic mass is 9.83. The van der Waals surface area contributed by atoms with Crippen molar-refractivity contribution in [3.8, 4) is 0 Å². The third-order valence-electron chi connectivity index (χ3n) is 6.67. The molecule has 0 unspecified atom stereocenters. The van der Waals surface area contributed by atoms with E-state index in [2.05, 4.69) is 38.3 Å². The number of aliphatic hydroxyl groups excluding tert-OH is 1. The van der Waals surface area contributed by atoms with Gasteiger partial charge in [0.2, 0.25) is 5.91 Å². The topological polar surface area (TPSA) is 52.6 Å². The molecule has 1 aliphatic heterocycles. The van der Waals surface area contributed by atoms with Gasteiger partial charge in [-0.1, -0.05) is 27.5 Å². The Balaban J connectivity index is 1.29. The second-order valence-electron chi connectivity index (χ2n) is 8.81. The number of amides is 1. The summed E-state index contributed by atoms with van der Waals surface area (Å²) in [6.45, 7) is 3.24. The van der Waals surface area contributed by atoms with Crippen LogP contribution >= 0.6 is 27.5 Å². The molecule has 1 aromatic carbocycles. The maximum absolute atomic E-state index is 11.3. The van der Waals surface area contributed by atoms with E-state index in [4.69, 9.17) is 16.7 Å². The van der Waals surface area contributed by atoms with E-state index in [0.717, 1.165) is 36.1 Å². The van der Waals surface area contributed by atoms with Gasteiger partial charge in [0.25, 0.3) is 0 Å². The molecule has 0 radical (unpaired) electrons. The van der Waals surface area contributed by atoms with Crippen molar-refractivity contribution in [2.24, 2.45) is 11.8 Å². The first-order valence-electron chi connectivity index (χ1n) is 11.1. The highest BCUT2D eigenvalue weighted by atomic mass is 79.9. The van der Waals surface area contributed by atoms with Gasteiger partial charge in [-0.05, 0) is 113 Å². The summed E-state index contributed by atoms with van der Waals surface area (Å²) < 4.78 is 1.18. The average molecular weight is 486 g/mol. The lowest BCUT2D eigenvalue weighted by Crippen LogP contribution is -2.39. The lowest BCUT2D eigenvalue weighted by molar-refractivity contribution is -0.124. The molecular formula is C23H34BrClN2O2. The number of aliphatic hydroxyl groups is 1. The third-order valence-corrected chi connectivity index (χ3v) is 7.67. The summed E-state index contributed by atoms with van der Waals surface area (Å²) in [6.07, 6.45) is 10.8. The van der Waals surface area contributed by atoms with Crippen molar-refractivity contribution in [2.75, 3.05) is 26.2 Å². The van der Waals surface area contributed by atoms with Gasteiger partial charge in [-0.2, -0.15) is 0 Å². The second kappa shape index (κ2) is 11.7. The fourth-order valence-corrected chi connectivity index (χ4v) is 5.50. The van der Waals surface area contributed by atoms with Crippen LogP contribution in [0.25, 0.3) is 0 Å². The number of carbonyl (C=O) groups excluding carboxylic acids is 1. The maximum Gasteiger partial charge on any atom is 0.245 e. The van der Waals surface area contributed by atoms with Gasteiger partial charge in [0, 0.05) is 15.5 Å². The molecule has 2 aliphatic rings. The Morgan fingerprint density at radius 2 is 1.86 bits per heavy atom. The Labute approximate surface area is 188 Å². The third kappa shape index (κ3) is 7.54. The largest absolute Gasteiger partial charge is 0.387 e. The summed E-state index contributed by atoms with van der Waals surface area (Å²) >= 11 is 9.82. The number of hydrogen-bond donors (Lipinski definition) is 2. The van der Waals surface area contributed by atoms with Crippen LogP contribution in [0.3, 0.4) is 0 Å². The minimum Gasteiger partial charge on any atom is -0.387 e. The number of nitrogens with one attached hydrogen (secondary N) is 1. The van der Waals surface area contributed by atoms with E-state index in [9.17, 15) is 4.79 Å². The number of piperidine rings is 1. The number of nitrogens with zero attached hydrogens (tertiary/aromatic N) is 1. The van der Waals surface area contributed by atoms with Gasteiger partial charge in [0.15, 0.2) is 0 Å². The summed E-state index contributed by atoms with van der Waals surface area (Å²) in [5, 5.41) is 12.6. The van der Waals surface area contributed by atoms with Gasteiger partial charge in [-0.15, -0.1) is 0 Å². The number of likely N-dealkylation sites (tertiary alicyclic amines) is 1. The SMILES string of the molecule is O=C(CO)N[C@H]1CC[C@H](CCCN2CCC(Cc3cc(Cl)ccc3Br)CC2)CC1. The van der Waals surface area contributed by atoms with Crippen molar-refractivity contribution < 1.29 is 9.90 Å². The Kier molecular flexibility index (Phi) is 9.29. The van der Waals surface area contributed by atoms with Crippen LogP contribution in [0.2, 0.25) is 5.02 Å². The van der Waals surface area contributed by atoms with Crippen LogP contribution in [0, 0.1) is 11.8 Å². The summed E-state index contributed by atoms with van der Waals surface area (Å²) in [7, 11) is 0. The van der Waals surface area contributed by atoms with E-state index < -0.39 is 6.61 Å². The zero-order valence-electron chi connectivity index (χ0n) is 17.2. The number of halogens is 2. The van der Waals surface area contributed by atoms with E-state index >= 15 is 0 Å². The molecule has 1 saturated carbocycles. The van der Waals surface area contributed by atoms with Crippen molar-refractivity contribution in [2.45, 2.75) is 63.8 Å². The van der Waals surface area contributed by atoms with Gasteiger partial charge in [0.1, 0.15) is 6.61 Å². The fraction of sp³-hybridized carbons (Fsp3) is 0.696. The molecule has 0 atom stereocenters. The van der Waals surface area contributed by atoms with E-state index in [1.54, 1.807) is 0 Å². The van der Waals surface area contributed by atoms with Gasteiger partial charge >= 0.3 is 0 Å². The molecule has 1 aliphatic carbocycles. The van der Waals surface area contributed by atoms with Gasteiger partial charge in [-0.25, -0.2) is 0 Å². The Hall–Kier alpha value is -0.620. The summed E-state index contributed by atoms with van der Waals surface area (Å²) in [5.41, 5.74) is 1.33. The second-order valence-corrected chi connectivity index (χ2v) is 10.1. The first-order valence-corrected chi connectivity index (χ1v) is 12.3. The van der Waals surface area contributed by atoms with E-state index in [1.807, 2.05) is 6.07 Å². The fourth-order valence-electron chi connectivity index (χ4n) is 4.90. The molecule has 1 heterocycles. The minimum absolute atomic E-state index is 0.237. The van der Waals surface area contributed by atoms with Gasteiger partial charge in [-0.3, -0.25) is 4.79 Å². The molecule has 162 valence electrons. The molecule has 6 heteroatoms. The summed E-state index contributed by atoms with van der Waals surface area (Å²) in [4.78, 5) is 13.9. The number of rotatable bonds is 8. The molecule has 0 aromatic heterocycles. The Morgan fingerprint density at radius 1 is 1.14 bits per heavy atom. The summed E-state index contributed by atoms with van der Waals surface area (Å²) in [6, 6.07) is 6.36. The van der Waals surface area contributed by atoms with Crippen molar-refractivity contribution in [1.82, 2.24) is 10.2 Å². The molecular weight excluding hydrogens is 452 g/mol. The van der Waals surface area contributed by atoms with Crippen LogP contribution in [-0.2, 0) is 11.2 Å². The van der Waals surface area contributed by atoms with Crippen LogP contribution < -0.4 is 5.32 Å². The highest BCUT2D eigenvalue weighted by Crippen LogP contribution is 2.30. The Morgan fingerprint density at radius 3 is 2.55 bits per heavy atom. The van der Waals surface area contributed by atoms with Crippen LogP contribution in [0.5, 0.6) is 0 Å². The molecule has 29 heavy (non-hydrogen) atoms. The van der Waals surface area contributed by atoms with Crippen LogP contribution in [0.15, 0.2) is 22.7 Å². The van der Waals surface area contributed by atoms with Crippen LogP contribution in [0.4, 0.5) is 0 Å². The highest BCUT2D eigenvalue weighted by Gasteiger charge is 2.23. The number of benzene rings is 1. The van der Waals surface area contributed by atoms with Crippen molar-refractivity contribution in [1.29, 1.82) is 0 Å². The van der Waals surface area contributed by atoms with Gasteiger partial charge < -0.3 is 15.3 Å². The first kappa shape index (κ1) is 23.1. The van der Waals surface area contributed by atoms with Gasteiger partial charge in [0.05, 0.1) is 0 Å². The molecule has 0 bridgehead atoms. The molecule has 3 rings (SSSR count). The Bertz CT molecular complexity index is 656. The standard InChI is InChI=1S/C23H34BrClN2O2/c24-22-8-5-20(25)15-19(22)14-18-9-12-27(13-10-18)11-1-2-17-3-6-21(7-4-17)26-23(29)16-28/h5,8,15,17-18,21,28H,1-4,6-7,9-14,16H2,(H,26,29)/t17-,21-.